The Labute approximate surface area is 179 Å². The highest BCUT2D eigenvalue weighted by Gasteiger charge is 2.47. The molecule has 2 aromatic heterocycles. The predicted molar refractivity (Wildman–Crippen MR) is 113 cm³/mol. The van der Waals surface area contributed by atoms with Gasteiger partial charge in [-0.15, -0.1) is 0 Å². The molecule has 1 amide bonds. The molecule has 3 heterocycles. The van der Waals surface area contributed by atoms with Crippen LogP contribution in [0.2, 0.25) is 0 Å². The summed E-state index contributed by atoms with van der Waals surface area (Å²) in [6.07, 6.45) is 4.74. The number of hydrogen-bond acceptors (Lipinski definition) is 6. The fourth-order valence-corrected chi connectivity index (χ4v) is 3.59. The average molecular weight is 418 g/mol. The highest BCUT2D eigenvalue weighted by molar-refractivity contribution is 6.46. The lowest BCUT2D eigenvalue weighted by molar-refractivity contribution is -0.140. The number of likely N-dealkylation sites (tertiary alicyclic amines) is 1. The summed E-state index contributed by atoms with van der Waals surface area (Å²) in [7, 11) is 0. The molecule has 0 spiro atoms. The molecule has 158 valence electrons. The first-order chi connectivity index (χ1) is 15.0. The molecule has 1 aliphatic heterocycles. The van der Waals surface area contributed by atoms with Gasteiger partial charge in [0.1, 0.15) is 23.3 Å². The normalized spacial score (nSPS) is 18.0. The number of ether oxygens (including phenoxy) is 1. The zero-order chi connectivity index (χ0) is 22.0. The van der Waals surface area contributed by atoms with Crippen molar-refractivity contribution in [3.8, 4) is 5.75 Å². The molecule has 1 aromatic carbocycles. The number of benzene rings is 1. The molecular weight excluding hydrogens is 396 g/mol. The highest BCUT2D eigenvalue weighted by Crippen LogP contribution is 2.40. The fourth-order valence-electron chi connectivity index (χ4n) is 3.59. The van der Waals surface area contributed by atoms with Crippen LogP contribution < -0.4 is 4.74 Å². The standard InChI is InChI=1S/C24H22N2O5/c1-15(2)31-18-9-7-17(8-10-18)22(27)20-21(19-6-4-12-30-19)26(24(29)23(20)28)14-16-5-3-11-25-13-16/h3-13,15,21,27H,14H2,1-2H3/t21-/m0/s1. The van der Waals surface area contributed by atoms with Gasteiger partial charge in [0.2, 0.25) is 0 Å². The summed E-state index contributed by atoms with van der Waals surface area (Å²) in [5.74, 6) is -0.683. The summed E-state index contributed by atoms with van der Waals surface area (Å²) in [6.45, 7) is 3.99. The van der Waals surface area contributed by atoms with E-state index in [1.165, 1.54) is 11.2 Å². The number of furan rings is 1. The van der Waals surface area contributed by atoms with E-state index in [4.69, 9.17) is 9.15 Å². The molecule has 1 N–H and O–H groups in total. The first-order valence-electron chi connectivity index (χ1n) is 9.93. The zero-order valence-corrected chi connectivity index (χ0v) is 17.2. The van der Waals surface area contributed by atoms with Crippen molar-refractivity contribution >= 4 is 17.4 Å². The molecule has 7 heteroatoms. The maximum Gasteiger partial charge on any atom is 0.296 e. The first kappa shape index (κ1) is 20.4. The minimum absolute atomic E-state index is 0.0104. The molecule has 31 heavy (non-hydrogen) atoms. The van der Waals surface area contributed by atoms with Gasteiger partial charge in [-0.25, -0.2) is 0 Å². The largest absolute Gasteiger partial charge is 0.507 e. The number of rotatable bonds is 6. The van der Waals surface area contributed by atoms with Gasteiger partial charge >= 0.3 is 0 Å². The van der Waals surface area contributed by atoms with E-state index < -0.39 is 17.7 Å². The molecule has 1 atom stereocenters. The van der Waals surface area contributed by atoms with Gasteiger partial charge in [-0.05, 0) is 61.9 Å². The molecule has 1 fully saturated rings. The SMILES string of the molecule is CC(C)Oc1ccc(C(O)=C2C(=O)C(=O)N(Cc3cccnc3)[C@H]2c2ccco2)cc1. The van der Waals surface area contributed by atoms with E-state index in [0.29, 0.717) is 17.1 Å². The van der Waals surface area contributed by atoms with Crippen LogP contribution in [0.4, 0.5) is 0 Å². The Kier molecular flexibility index (Phi) is 5.58. The molecule has 1 saturated heterocycles. The second-order valence-corrected chi connectivity index (χ2v) is 7.49. The molecule has 0 bridgehead atoms. The minimum atomic E-state index is -0.846. The molecule has 3 aromatic rings. The van der Waals surface area contributed by atoms with Gasteiger partial charge in [0.05, 0.1) is 17.9 Å². The Balaban J connectivity index is 1.76. The first-order valence-corrected chi connectivity index (χ1v) is 9.93. The number of aliphatic hydroxyl groups is 1. The van der Waals surface area contributed by atoms with E-state index in [-0.39, 0.29) is 24.0 Å². The van der Waals surface area contributed by atoms with Crippen molar-refractivity contribution in [3.63, 3.8) is 0 Å². The molecule has 0 unspecified atom stereocenters. The molecule has 7 nitrogen and oxygen atoms in total. The highest BCUT2D eigenvalue weighted by atomic mass is 16.5. The van der Waals surface area contributed by atoms with Gasteiger partial charge in [0, 0.05) is 24.5 Å². The number of Topliss-reactive ketones (excluding diaryl/α,β-unsaturated/α-hetero) is 1. The lowest BCUT2D eigenvalue weighted by Gasteiger charge is -2.23. The van der Waals surface area contributed by atoms with Crippen molar-refractivity contribution in [3.05, 3.63) is 89.6 Å². The van der Waals surface area contributed by atoms with Gasteiger partial charge in [-0.3, -0.25) is 14.6 Å². The maximum atomic E-state index is 12.9. The Morgan fingerprint density at radius 1 is 1.16 bits per heavy atom. The summed E-state index contributed by atoms with van der Waals surface area (Å²) in [4.78, 5) is 31.3. The smallest absolute Gasteiger partial charge is 0.296 e. The second-order valence-electron chi connectivity index (χ2n) is 7.49. The number of aliphatic hydroxyl groups excluding tert-OH is 1. The quantitative estimate of drug-likeness (QED) is 0.368. The Morgan fingerprint density at radius 2 is 1.94 bits per heavy atom. The van der Waals surface area contributed by atoms with E-state index in [0.717, 1.165) is 5.56 Å². The van der Waals surface area contributed by atoms with E-state index in [1.54, 1.807) is 54.9 Å². The van der Waals surface area contributed by atoms with Crippen LogP contribution in [0.5, 0.6) is 5.75 Å². The number of carbonyl (C=O) groups is 2. The van der Waals surface area contributed by atoms with Crippen molar-refractivity contribution in [1.82, 2.24) is 9.88 Å². The molecule has 0 saturated carbocycles. The van der Waals surface area contributed by atoms with Crippen molar-refractivity contribution in [2.45, 2.75) is 32.5 Å². The lowest BCUT2D eigenvalue weighted by Crippen LogP contribution is -2.29. The summed E-state index contributed by atoms with van der Waals surface area (Å²) >= 11 is 0. The topological polar surface area (TPSA) is 92.9 Å². The third kappa shape index (κ3) is 4.07. The van der Waals surface area contributed by atoms with Crippen LogP contribution in [0.15, 0.2) is 77.2 Å². The van der Waals surface area contributed by atoms with Crippen molar-refractivity contribution in [2.75, 3.05) is 0 Å². The maximum absolute atomic E-state index is 12.9. The predicted octanol–water partition coefficient (Wildman–Crippen LogP) is 4.08. The van der Waals surface area contributed by atoms with Crippen molar-refractivity contribution < 1.29 is 23.8 Å². The van der Waals surface area contributed by atoms with E-state index >= 15 is 0 Å². The molecule has 0 aliphatic carbocycles. The van der Waals surface area contributed by atoms with Crippen LogP contribution in [0.3, 0.4) is 0 Å². The van der Waals surface area contributed by atoms with Crippen molar-refractivity contribution in [1.29, 1.82) is 0 Å². The number of nitrogens with zero attached hydrogens (tertiary/aromatic N) is 2. The number of aromatic nitrogens is 1. The Morgan fingerprint density at radius 3 is 2.55 bits per heavy atom. The third-order valence-electron chi connectivity index (χ3n) is 4.93. The van der Waals surface area contributed by atoms with Gasteiger partial charge in [-0.1, -0.05) is 6.07 Å². The zero-order valence-electron chi connectivity index (χ0n) is 17.2. The average Bonchev–Trinajstić information content (AvgIpc) is 3.37. The van der Waals surface area contributed by atoms with Gasteiger partial charge in [0.25, 0.3) is 11.7 Å². The fraction of sp³-hybridized carbons (Fsp3) is 0.208. The monoisotopic (exact) mass is 418 g/mol. The Hall–Kier alpha value is -3.87. The number of hydrogen-bond donors (Lipinski definition) is 1. The number of amides is 1. The molecule has 4 rings (SSSR count). The number of ketones is 1. The van der Waals surface area contributed by atoms with Crippen LogP contribution in [-0.2, 0) is 16.1 Å². The number of pyridine rings is 1. The summed E-state index contributed by atoms with van der Waals surface area (Å²) in [6, 6.07) is 12.8. The van der Waals surface area contributed by atoms with Crippen molar-refractivity contribution in [2.24, 2.45) is 0 Å². The van der Waals surface area contributed by atoms with Gasteiger partial charge in [0.15, 0.2) is 0 Å². The van der Waals surface area contributed by atoms with E-state index in [1.807, 2.05) is 19.9 Å². The second kappa shape index (κ2) is 8.47. The summed E-state index contributed by atoms with van der Waals surface area (Å²) in [5.41, 5.74) is 1.16. The molecular formula is C24H22N2O5. The molecule has 0 radical (unpaired) electrons. The lowest BCUT2D eigenvalue weighted by atomic mass is 9.99. The third-order valence-corrected chi connectivity index (χ3v) is 4.93. The van der Waals surface area contributed by atoms with Gasteiger partial charge in [-0.2, -0.15) is 0 Å². The van der Waals surface area contributed by atoms with Crippen LogP contribution in [0.25, 0.3) is 5.76 Å². The van der Waals surface area contributed by atoms with Crippen LogP contribution >= 0.6 is 0 Å². The van der Waals surface area contributed by atoms with Gasteiger partial charge < -0.3 is 19.2 Å². The molecule has 1 aliphatic rings. The summed E-state index contributed by atoms with van der Waals surface area (Å²) < 4.78 is 11.2. The minimum Gasteiger partial charge on any atom is -0.507 e. The van der Waals surface area contributed by atoms with E-state index in [9.17, 15) is 14.7 Å². The number of carbonyl (C=O) groups excluding carboxylic acids is 2. The van der Waals surface area contributed by atoms with Crippen LogP contribution in [0, 0.1) is 0 Å². The summed E-state index contributed by atoms with van der Waals surface area (Å²) in [5, 5.41) is 11.0. The van der Waals surface area contributed by atoms with Crippen LogP contribution in [0.1, 0.15) is 36.8 Å². The van der Waals surface area contributed by atoms with E-state index in [2.05, 4.69) is 4.98 Å². The Bertz CT molecular complexity index is 1100. The van der Waals surface area contributed by atoms with Crippen LogP contribution in [-0.4, -0.2) is 32.8 Å².